The molecule has 7 aliphatic rings. The van der Waals surface area contributed by atoms with Crippen LogP contribution in [0.15, 0.2) is 207 Å². The standard InChI is InChI=1S/C23H36N2O2Si.C23H34N2O2Si.C15H16N2O2.C15H18N2.C14H14N2O2.C14H16N2.C8H6N2O2.C6H10O/c2*1-16(2)28(17(3)4,18(5)6)24-15-22(19-10-8-7-9-11-19)21-13-12-20(25(26)27)14-23(21)24;1-16-10-14(11-5-3-2-4-6-11)13-8-7-12(17(18)19)9-15(13)16;1-17-10-14(11-5-3-2-4-6-11)13-8-7-12(16)9-15(13)17;17-16(18)11-6-7-12-13(9-15-14(12)8-11)10-4-2-1-3-5-10;15-11-6-7-12-13(9-16-14(12)8-11)10-4-2-1-3-5-10;11-10(12)7-2-1-6-3-4-9-8(6)5-7;7-6-4-2-1-3-5-6/h12-19H,7-11H2,1-6H3;10,12-18H,7-9,11H2,1-6H3;5,7-10H,2-4,6H2,1H3;5,7-10H,2-4,6,16H2,1H3;4,6-9,15H,1-3,5H2;4,6-9,16H,1-3,5,15H2;1-5,9H;1-5H2. The maximum absolute atomic E-state index is 11.5. The lowest BCUT2D eigenvalue weighted by molar-refractivity contribution is -0.384. The molecule has 7 N–H and O–H groups in total. The molecule has 2 saturated carbocycles. The van der Waals surface area contributed by atoms with Crippen molar-refractivity contribution in [3.63, 3.8) is 0 Å². The highest BCUT2D eigenvalue weighted by atomic mass is 28.3. The molecule has 25 nitrogen and oxygen atoms in total. The van der Waals surface area contributed by atoms with Gasteiger partial charge in [0.1, 0.15) is 5.78 Å². The number of nitrogens with zero attached hydrogens (tertiary/aromatic N) is 9. The number of nitro benzene ring substituents is 5. The molecule has 21 rings (SSSR count). The Labute approximate surface area is 854 Å². The number of nitrogens with one attached hydrogen (secondary N) is 3. The number of allylic oxidation sites excluding steroid dienone is 10. The molecule has 7 aromatic heterocycles. The van der Waals surface area contributed by atoms with E-state index in [4.69, 9.17) is 11.5 Å². The maximum Gasteiger partial charge on any atom is 0.271 e. The Morgan fingerprint density at radius 1 is 0.317 bits per heavy atom. The van der Waals surface area contributed by atoms with Gasteiger partial charge in [0.15, 0.2) is 16.5 Å². The monoisotopic (exact) mass is 2000 g/mol. The van der Waals surface area contributed by atoms with Crippen molar-refractivity contribution in [2.75, 3.05) is 11.5 Å². The van der Waals surface area contributed by atoms with Crippen molar-refractivity contribution in [1.29, 1.82) is 0 Å². The molecule has 27 heteroatoms. The number of Topliss-reactive ketones (excluding diaryl/α,β-unsaturated/α-hetero) is 1. The normalized spacial score (nSPS) is 15.9. The first kappa shape index (κ1) is 107. The van der Waals surface area contributed by atoms with Crippen LogP contribution in [0, 0.1) is 50.6 Å². The molecule has 0 radical (unpaired) electrons. The first-order valence-corrected chi connectivity index (χ1v) is 57.5. The Balaban J connectivity index is 0.000000134. The highest BCUT2D eigenvalue weighted by Gasteiger charge is 2.48. The van der Waals surface area contributed by atoms with Gasteiger partial charge in [-0.25, -0.2) is 0 Å². The van der Waals surface area contributed by atoms with Crippen molar-refractivity contribution in [3.8, 4) is 0 Å². The molecule has 7 aromatic carbocycles. The van der Waals surface area contributed by atoms with Gasteiger partial charge in [0.05, 0.1) is 46.7 Å². The van der Waals surface area contributed by atoms with Gasteiger partial charge >= 0.3 is 0 Å². The summed E-state index contributed by atoms with van der Waals surface area (Å²) in [6.07, 6.45) is 62.7. The molecule has 0 spiro atoms. The number of rotatable bonds is 19. The van der Waals surface area contributed by atoms with Crippen LogP contribution in [0.25, 0.3) is 104 Å². The van der Waals surface area contributed by atoms with Crippen LogP contribution in [0.4, 0.5) is 39.8 Å². The van der Waals surface area contributed by atoms with Gasteiger partial charge in [0, 0.05) is 213 Å². The SMILES string of the molecule is CC(C)[Si](C(C)C)(C(C)C)n1cc(C2=CCCCC2)c2ccc([N+](=O)[O-])cc21.CC(C)[Si](C(C)C)(C(C)C)n1cc(C2CCCCC2)c2ccc([N+](=O)[O-])cc21.Cn1cc(C2=CCCCC2)c2ccc(N)cc21.Cn1cc(C2=CCCCC2)c2ccc([N+](=O)[O-])cc21.Nc1ccc2c(C3=CCCCC3)c[nH]c2c1.O=C1CCCCC1.O=[N+]([O-])c1ccc2c(C3=CCCCC3)c[nH]c2c1.O=[N+]([O-])c1ccc2cc[nH]c2c1. The first-order valence-electron chi connectivity index (χ1n) is 53.1. The molecule has 0 unspecified atom stereocenters. The molecule has 2 fully saturated rings. The minimum atomic E-state index is -2.00. The number of aromatic amines is 3. The summed E-state index contributed by atoms with van der Waals surface area (Å²) in [6.45, 7) is 28.2. The Morgan fingerprint density at radius 2 is 0.634 bits per heavy atom. The highest BCUT2D eigenvalue weighted by molar-refractivity contribution is 6.83. The number of hydrogen-bond donors (Lipinski definition) is 5. The maximum atomic E-state index is 11.5. The highest BCUT2D eigenvalue weighted by Crippen LogP contribution is 2.51. The average molecular weight is 2000 g/mol. The number of H-pyrrole nitrogens is 3. The number of carbonyl (C=O) groups is 1. The van der Waals surface area contributed by atoms with Crippen molar-refractivity contribution in [2.45, 2.75) is 315 Å². The number of benzene rings is 7. The minimum absolute atomic E-state index is 0.116. The summed E-state index contributed by atoms with van der Waals surface area (Å²) in [5, 5.41) is 63.2. The second kappa shape index (κ2) is 48.6. The predicted octanol–water partition coefficient (Wildman–Crippen LogP) is 34.2. The quantitative estimate of drug-likeness (QED) is 0.0218. The molecule has 766 valence electrons. The summed E-state index contributed by atoms with van der Waals surface area (Å²) >= 11 is 0. The summed E-state index contributed by atoms with van der Waals surface area (Å²) in [7, 11) is 0.0591. The van der Waals surface area contributed by atoms with E-state index in [0.29, 0.717) is 44.9 Å². The fourth-order valence-electron chi connectivity index (χ4n) is 24.8. The predicted molar refractivity (Wildman–Crippen MR) is 606 cm³/mol. The third kappa shape index (κ3) is 24.4. The number of nitrogens with two attached hydrogens (primary N) is 2. The molecule has 7 heterocycles. The van der Waals surface area contributed by atoms with Crippen LogP contribution in [0.3, 0.4) is 0 Å². The van der Waals surface area contributed by atoms with Gasteiger partial charge in [0.2, 0.25) is 0 Å². The molecule has 14 aromatic rings. The van der Waals surface area contributed by atoms with Crippen LogP contribution >= 0.6 is 0 Å². The van der Waals surface area contributed by atoms with Gasteiger partial charge in [-0.3, -0.25) is 55.4 Å². The lowest BCUT2D eigenvalue weighted by Crippen LogP contribution is -2.51. The molecular weight excluding hydrogens is 1850 g/mol. The van der Waals surface area contributed by atoms with Crippen LogP contribution in [0.2, 0.25) is 33.2 Å². The lowest BCUT2D eigenvalue weighted by Gasteiger charge is -2.44. The van der Waals surface area contributed by atoms with E-state index in [2.05, 4.69) is 198 Å². The number of carbonyl (C=O) groups excluding carboxylic acids is 1. The molecule has 0 bridgehead atoms. The number of aromatic nitrogens is 7. The van der Waals surface area contributed by atoms with Crippen LogP contribution < -0.4 is 11.5 Å². The zero-order valence-corrected chi connectivity index (χ0v) is 89.6. The number of ketones is 1. The Kier molecular flexibility index (Phi) is 36.0. The summed E-state index contributed by atoms with van der Waals surface area (Å²) in [5.74, 6) is 1.06. The van der Waals surface area contributed by atoms with Crippen molar-refractivity contribution < 1.29 is 29.4 Å². The Morgan fingerprint density at radius 3 is 1.03 bits per heavy atom. The number of nitro groups is 5. The third-order valence-electron chi connectivity index (χ3n) is 31.6. The van der Waals surface area contributed by atoms with Gasteiger partial charge in [-0.15, -0.1) is 0 Å². The number of non-ortho nitro benzene ring substituents is 5. The van der Waals surface area contributed by atoms with Crippen LogP contribution in [-0.2, 0) is 18.9 Å². The molecule has 0 saturated heterocycles. The molecular formula is C118H150N14O11Si2. The van der Waals surface area contributed by atoms with E-state index in [1.54, 1.807) is 48.7 Å². The Bertz CT molecular complexity index is 7120. The average Bonchev–Trinajstić information content (AvgIpc) is 1.58. The van der Waals surface area contributed by atoms with Gasteiger partial charge in [-0.1, -0.05) is 151 Å². The first-order chi connectivity index (χ1) is 69.6. The number of fused-ring (bicyclic) bond motifs is 7. The van der Waals surface area contributed by atoms with E-state index in [9.17, 15) is 55.4 Å². The molecule has 0 amide bonds. The van der Waals surface area contributed by atoms with Crippen molar-refractivity contribution in [1.82, 2.24) is 32.6 Å². The molecule has 145 heavy (non-hydrogen) atoms. The molecule has 7 aliphatic carbocycles. The third-order valence-corrected chi connectivity index (χ3v) is 45.1. The van der Waals surface area contributed by atoms with Crippen LogP contribution in [-0.4, -0.2) is 79.4 Å². The van der Waals surface area contributed by atoms with E-state index < -0.39 is 21.4 Å². The zero-order valence-electron chi connectivity index (χ0n) is 87.6. The van der Waals surface area contributed by atoms with Crippen molar-refractivity contribution >= 4 is 166 Å². The van der Waals surface area contributed by atoms with Gasteiger partial charge < -0.3 is 44.0 Å². The summed E-state index contributed by atoms with van der Waals surface area (Å²) in [5.41, 5.74) is 39.5. The van der Waals surface area contributed by atoms with Gasteiger partial charge in [0.25, 0.3) is 28.4 Å². The Hall–Kier alpha value is -13.3. The molecule has 0 aliphatic heterocycles. The largest absolute Gasteiger partial charge is 0.399 e. The second-order valence-electron chi connectivity index (χ2n) is 42.5. The minimum Gasteiger partial charge on any atom is -0.399 e. The van der Waals surface area contributed by atoms with Crippen molar-refractivity contribution in [3.05, 3.63) is 291 Å². The van der Waals surface area contributed by atoms with Crippen LogP contribution in [0.5, 0.6) is 0 Å². The van der Waals surface area contributed by atoms with E-state index in [1.165, 1.54) is 229 Å². The topological polar surface area (TPSA) is 352 Å². The number of hydrogen-bond acceptors (Lipinski definition) is 13. The molecule has 0 atom stereocenters. The van der Waals surface area contributed by atoms with E-state index in [0.717, 1.165) is 125 Å². The van der Waals surface area contributed by atoms with Crippen molar-refractivity contribution in [2.24, 2.45) is 14.1 Å². The van der Waals surface area contributed by atoms with Gasteiger partial charge in [-0.05, 0) is 299 Å². The van der Waals surface area contributed by atoms with E-state index in [-0.39, 0.29) is 48.1 Å². The second-order valence-corrected chi connectivity index (χ2v) is 54.0. The summed E-state index contributed by atoms with van der Waals surface area (Å²) in [6, 6.07) is 40.1. The van der Waals surface area contributed by atoms with E-state index in [1.807, 2.05) is 78.5 Å². The fourth-order valence-corrected chi connectivity index (χ4v) is 38.1. The van der Waals surface area contributed by atoms with Crippen LogP contribution in [0.1, 0.15) is 315 Å². The summed E-state index contributed by atoms with van der Waals surface area (Å²) < 4.78 is 9.25. The fraction of sp³-hybridized carbons (Fsp3) is 0.432. The van der Waals surface area contributed by atoms with E-state index >= 15 is 0 Å². The zero-order chi connectivity index (χ0) is 104. The number of aryl methyl sites for hydroxylation is 2. The number of nitrogen functional groups attached to an aromatic ring is 2. The number of anilines is 2. The van der Waals surface area contributed by atoms with Gasteiger partial charge in [-0.2, -0.15) is 0 Å². The summed E-state index contributed by atoms with van der Waals surface area (Å²) in [4.78, 5) is 73.2. The smallest absolute Gasteiger partial charge is 0.271 e. The lowest BCUT2D eigenvalue weighted by atomic mass is 9.84.